The molecular formula is C15H23N3O4S. The molecule has 1 aromatic carbocycles. The summed E-state index contributed by atoms with van der Waals surface area (Å²) in [6.07, 6.45) is 1.64. The Kier molecular flexibility index (Phi) is 5.61. The van der Waals surface area contributed by atoms with Crippen LogP contribution in [0.4, 0.5) is 5.69 Å². The van der Waals surface area contributed by atoms with E-state index in [4.69, 9.17) is 0 Å². The van der Waals surface area contributed by atoms with E-state index in [1.807, 2.05) is 0 Å². The van der Waals surface area contributed by atoms with Gasteiger partial charge in [-0.2, -0.15) is 4.31 Å². The number of amides is 1. The molecule has 0 aliphatic carbocycles. The molecule has 1 aliphatic rings. The lowest BCUT2D eigenvalue weighted by atomic mass is 10.2. The first-order valence-electron chi connectivity index (χ1n) is 7.77. The third kappa shape index (κ3) is 3.82. The summed E-state index contributed by atoms with van der Waals surface area (Å²) < 4.78 is 26.4. The van der Waals surface area contributed by atoms with Crippen LogP contribution in [0.3, 0.4) is 0 Å². The molecule has 0 aromatic heterocycles. The van der Waals surface area contributed by atoms with Crippen LogP contribution < -0.4 is 10.6 Å². The van der Waals surface area contributed by atoms with Crippen molar-refractivity contribution in [2.75, 3.05) is 25.0 Å². The Morgan fingerprint density at radius 3 is 2.65 bits per heavy atom. The molecule has 7 nitrogen and oxygen atoms in total. The van der Waals surface area contributed by atoms with Gasteiger partial charge in [-0.3, -0.25) is 4.79 Å². The number of carbonyl (C=O) groups excluding carboxylic acids is 1. The number of carbonyl (C=O) groups is 1. The summed E-state index contributed by atoms with van der Waals surface area (Å²) in [4.78, 5) is 12.2. The van der Waals surface area contributed by atoms with Gasteiger partial charge >= 0.3 is 0 Å². The zero-order chi connectivity index (χ0) is 17.0. The van der Waals surface area contributed by atoms with E-state index in [-0.39, 0.29) is 28.3 Å². The number of hydrogen-bond donors (Lipinski definition) is 3. The van der Waals surface area contributed by atoms with Gasteiger partial charge in [-0.05, 0) is 37.6 Å². The van der Waals surface area contributed by atoms with Crippen LogP contribution in [-0.2, 0) is 14.8 Å². The van der Waals surface area contributed by atoms with Crippen molar-refractivity contribution < 1.29 is 18.3 Å². The van der Waals surface area contributed by atoms with E-state index in [0.717, 1.165) is 19.4 Å². The molecule has 23 heavy (non-hydrogen) atoms. The maximum Gasteiger partial charge on any atom is 0.243 e. The fourth-order valence-electron chi connectivity index (χ4n) is 2.62. The number of anilines is 1. The molecule has 0 bridgehead atoms. The number of phenols is 1. The average Bonchev–Trinajstić information content (AvgIpc) is 3.04. The molecule has 1 amide bonds. The largest absolute Gasteiger partial charge is 0.506 e. The van der Waals surface area contributed by atoms with E-state index in [0.29, 0.717) is 13.1 Å². The number of benzene rings is 1. The predicted octanol–water partition coefficient (Wildman–Crippen LogP) is 1.11. The molecule has 0 saturated carbocycles. The van der Waals surface area contributed by atoms with E-state index in [2.05, 4.69) is 10.6 Å². The van der Waals surface area contributed by atoms with Crippen molar-refractivity contribution in [2.45, 2.75) is 37.6 Å². The van der Waals surface area contributed by atoms with Crippen molar-refractivity contribution in [3.05, 3.63) is 18.2 Å². The molecule has 0 spiro atoms. The maximum atomic E-state index is 12.5. The highest BCUT2D eigenvalue weighted by atomic mass is 32.2. The van der Waals surface area contributed by atoms with E-state index in [1.54, 1.807) is 13.8 Å². The number of phenolic OH excluding ortho intramolecular Hbond substituents is 1. The Labute approximate surface area is 136 Å². The third-order valence-electron chi connectivity index (χ3n) is 3.95. The number of aromatic hydroxyl groups is 1. The predicted molar refractivity (Wildman–Crippen MR) is 87.9 cm³/mol. The summed E-state index contributed by atoms with van der Waals surface area (Å²) in [5.41, 5.74) is 0.108. The Morgan fingerprint density at radius 1 is 1.39 bits per heavy atom. The van der Waals surface area contributed by atoms with E-state index in [1.165, 1.54) is 22.5 Å². The molecule has 1 atom stereocenters. The highest BCUT2D eigenvalue weighted by Crippen LogP contribution is 2.28. The normalized spacial score (nSPS) is 18.3. The molecule has 128 valence electrons. The highest BCUT2D eigenvalue weighted by molar-refractivity contribution is 7.89. The monoisotopic (exact) mass is 341 g/mol. The van der Waals surface area contributed by atoms with Gasteiger partial charge in [-0.15, -0.1) is 0 Å². The smallest absolute Gasteiger partial charge is 0.243 e. The molecular weight excluding hydrogens is 318 g/mol. The first-order valence-corrected chi connectivity index (χ1v) is 9.21. The van der Waals surface area contributed by atoms with Gasteiger partial charge < -0.3 is 15.7 Å². The molecule has 0 radical (unpaired) electrons. The maximum absolute atomic E-state index is 12.5. The van der Waals surface area contributed by atoms with Crippen molar-refractivity contribution >= 4 is 21.6 Å². The van der Waals surface area contributed by atoms with Gasteiger partial charge in [0.25, 0.3) is 0 Å². The molecule has 1 unspecified atom stereocenters. The van der Waals surface area contributed by atoms with Gasteiger partial charge in [-0.25, -0.2) is 8.42 Å². The second kappa shape index (κ2) is 7.29. The first kappa shape index (κ1) is 17.7. The molecule has 1 heterocycles. The van der Waals surface area contributed by atoms with E-state index < -0.39 is 10.0 Å². The third-order valence-corrected chi connectivity index (χ3v) is 5.99. The lowest BCUT2D eigenvalue weighted by Crippen LogP contribution is -2.35. The quantitative estimate of drug-likeness (QED) is 0.673. The number of rotatable bonds is 6. The molecule has 2 rings (SSSR count). The number of nitrogens with one attached hydrogen (secondary N) is 2. The summed E-state index contributed by atoms with van der Waals surface area (Å²) >= 11 is 0. The molecule has 1 fully saturated rings. The fraction of sp³-hybridized carbons (Fsp3) is 0.533. The highest BCUT2D eigenvalue weighted by Gasteiger charge is 2.25. The van der Waals surface area contributed by atoms with Gasteiger partial charge in [0.1, 0.15) is 5.75 Å². The number of nitrogens with zero attached hydrogens (tertiary/aromatic N) is 1. The SMILES string of the molecule is CCN(CC)S(=O)(=O)c1ccc(O)c(NC(=O)C2CCCN2)c1. The fourth-order valence-corrected chi connectivity index (χ4v) is 4.10. The number of sulfonamides is 1. The van der Waals surface area contributed by atoms with Gasteiger partial charge in [-0.1, -0.05) is 13.8 Å². The van der Waals surface area contributed by atoms with Gasteiger partial charge in [0, 0.05) is 13.1 Å². The summed E-state index contributed by atoms with van der Waals surface area (Å²) in [5.74, 6) is -0.426. The Bertz CT molecular complexity index is 665. The van der Waals surface area contributed by atoms with Gasteiger partial charge in [0.05, 0.1) is 16.6 Å². The van der Waals surface area contributed by atoms with Crippen molar-refractivity contribution in [3.8, 4) is 5.75 Å². The summed E-state index contributed by atoms with van der Waals surface area (Å²) in [5, 5.41) is 15.6. The zero-order valence-electron chi connectivity index (χ0n) is 13.4. The van der Waals surface area contributed by atoms with Crippen LogP contribution in [0.5, 0.6) is 5.75 Å². The molecule has 1 aromatic rings. The Balaban J connectivity index is 2.26. The first-order chi connectivity index (χ1) is 10.9. The van der Waals surface area contributed by atoms with Crippen LogP contribution in [0, 0.1) is 0 Å². The van der Waals surface area contributed by atoms with Crippen molar-refractivity contribution in [3.63, 3.8) is 0 Å². The summed E-state index contributed by atoms with van der Waals surface area (Å²) in [6, 6.07) is 3.62. The van der Waals surface area contributed by atoms with Crippen LogP contribution in [0.15, 0.2) is 23.1 Å². The van der Waals surface area contributed by atoms with Gasteiger partial charge in [0.15, 0.2) is 0 Å². The summed E-state index contributed by atoms with van der Waals surface area (Å²) in [6.45, 7) is 5.01. The van der Waals surface area contributed by atoms with Crippen molar-refractivity contribution in [2.24, 2.45) is 0 Å². The molecule has 1 saturated heterocycles. The van der Waals surface area contributed by atoms with E-state index >= 15 is 0 Å². The Morgan fingerprint density at radius 2 is 2.09 bits per heavy atom. The molecule has 8 heteroatoms. The zero-order valence-corrected chi connectivity index (χ0v) is 14.2. The van der Waals surface area contributed by atoms with Crippen LogP contribution in [0.2, 0.25) is 0 Å². The van der Waals surface area contributed by atoms with Crippen LogP contribution in [-0.4, -0.2) is 49.4 Å². The second-order valence-corrected chi connectivity index (χ2v) is 7.34. The minimum Gasteiger partial charge on any atom is -0.506 e. The molecule has 3 N–H and O–H groups in total. The standard InChI is InChI=1S/C15H23N3O4S/c1-3-18(4-2)23(21,22)11-7-8-14(19)13(10-11)17-15(20)12-6-5-9-16-12/h7-8,10,12,16,19H,3-6,9H2,1-2H3,(H,17,20). The van der Waals surface area contributed by atoms with Gasteiger partial charge in [0.2, 0.25) is 15.9 Å². The minimum absolute atomic E-state index is 0.0497. The minimum atomic E-state index is -3.64. The second-order valence-electron chi connectivity index (χ2n) is 5.41. The van der Waals surface area contributed by atoms with Crippen LogP contribution in [0.25, 0.3) is 0 Å². The Hall–Kier alpha value is -1.64. The van der Waals surface area contributed by atoms with Crippen molar-refractivity contribution in [1.82, 2.24) is 9.62 Å². The average molecular weight is 341 g/mol. The van der Waals surface area contributed by atoms with Crippen LogP contribution >= 0.6 is 0 Å². The van der Waals surface area contributed by atoms with E-state index in [9.17, 15) is 18.3 Å². The molecule has 1 aliphatic heterocycles. The van der Waals surface area contributed by atoms with Crippen molar-refractivity contribution in [1.29, 1.82) is 0 Å². The lowest BCUT2D eigenvalue weighted by Gasteiger charge is -2.19. The van der Waals surface area contributed by atoms with Crippen LogP contribution in [0.1, 0.15) is 26.7 Å². The topological polar surface area (TPSA) is 98.7 Å². The number of hydrogen-bond acceptors (Lipinski definition) is 5. The lowest BCUT2D eigenvalue weighted by molar-refractivity contribution is -0.117. The summed E-state index contributed by atoms with van der Waals surface area (Å²) in [7, 11) is -3.64.